The number of hydrogen-bond donors (Lipinski definition) is 1. The Hall–Kier alpha value is -0.520. The quantitative estimate of drug-likeness (QED) is 0.729. The van der Waals surface area contributed by atoms with E-state index in [9.17, 15) is 0 Å². The van der Waals surface area contributed by atoms with Crippen LogP contribution in [-0.4, -0.2) is 37.1 Å². The zero-order valence-electron chi connectivity index (χ0n) is 12.6. The number of hydrogen-bond acceptors (Lipinski definition) is 2. The third kappa shape index (κ3) is 5.00. The Morgan fingerprint density at radius 3 is 2.17 bits per heavy atom. The van der Waals surface area contributed by atoms with Crippen molar-refractivity contribution < 1.29 is 0 Å². The van der Waals surface area contributed by atoms with Crippen molar-refractivity contribution in [2.75, 3.05) is 26.2 Å². The highest BCUT2D eigenvalue weighted by atomic mass is 15.1. The molecule has 1 fully saturated rings. The van der Waals surface area contributed by atoms with Gasteiger partial charge in [-0.25, -0.2) is 0 Å². The fourth-order valence-electron chi connectivity index (χ4n) is 2.97. The monoisotopic (exact) mass is 250 g/mol. The van der Waals surface area contributed by atoms with E-state index in [-0.39, 0.29) is 0 Å². The van der Waals surface area contributed by atoms with E-state index in [1.54, 1.807) is 0 Å². The molecule has 2 heteroatoms. The van der Waals surface area contributed by atoms with Gasteiger partial charge in [-0.1, -0.05) is 33.6 Å². The Bertz CT molecular complexity index is 249. The first kappa shape index (κ1) is 15.5. The molecule has 0 atom stereocenters. The molecule has 104 valence electrons. The summed E-state index contributed by atoms with van der Waals surface area (Å²) < 4.78 is 0. The lowest BCUT2D eigenvalue weighted by atomic mass is 9.85. The minimum Gasteiger partial charge on any atom is -0.314 e. The van der Waals surface area contributed by atoms with Gasteiger partial charge >= 0.3 is 0 Å². The van der Waals surface area contributed by atoms with Gasteiger partial charge in [0.15, 0.2) is 0 Å². The van der Waals surface area contributed by atoms with Gasteiger partial charge in [0.2, 0.25) is 0 Å². The van der Waals surface area contributed by atoms with E-state index in [2.05, 4.69) is 43.8 Å². The van der Waals surface area contributed by atoms with Gasteiger partial charge in [-0.15, -0.1) is 6.42 Å². The van der Waals surface area contributed by atoms with Crippen molar-refractivity contribution in [3.05, 3.63) is 0 Å². The normalized spacial score (nSPS) is 18.8. The summed E-state index contributed by atoms with van der Waals surface area (Å²) in [6.45, 7) is 13.6. The predicted octanol–water partition coefficient (Wildman–Crippen LogP) is 2.60. The van der Waals surface area contributed by atoms with Crippen molar-refractivity contribution in [2.24, 2.45) is 17.8 Å². The van der Waals surface area contributed by atoms with Crippen LogP contribution >= 0.6 is 0 Å². The van der Waals surface area contributed by atoms with Crippen molar-refractivity contribution in [2.45, 2.75) is 46.6 Å². The number of likely N-dealkylation sites (tertiary alicyclic amines) is 1. The van der Waals surface area contributed by atoms with E-state index in [1.165, 1.54) is 12.8 Å². The van der Waals surface area contributed by atoms with Crippen LogP contribution in [-0.2, 0) is 0 Å². The summed E-state index contributed by atoms with van der Waals surface area (Å²) in [5, 5.41) is 3.77. The zero-order chi connectivity index (χ0) is 13.5. The molecule has 0 saturated carbocycles. The average molecular weight is 250 g/mol. The molecule has 1 N–H and O–H groups in total. The summed E-state index contributed by atoms with van der Waals surface area (Å²) in [6, 6.07) is 0.694. The van der Waals surface area contributed by atoms with E-state index in [0.717, 1.165) is 43.9 Å². The highest BCUT2D eigenvalue weighted by Gasteiger charge is 2.21. The molecule has 0 aromatic rings. The van der Waals surface area contributed by atoms with E-state index in [0.29, 0.717) is 6.04 Å². The summed E-state index contributed by atoms with van der Waals surface area (Å²) >= 11 is 0. The summed E-state index contributed by atoms with van der Waals surface area (Å²) in [5.41, 5.74) is 0. The second kappa shape index (κ2) is 7.81. The number of terminal acetylenes is 1. The van der Waals surface area contributed by atoms with Gasteiger partial charge in [-0.2, -0.15) is 0 Å². The minimum atomic E-state index is 0.694. The second-order valence-corrected chi connectivity index (χ2v) is 6.31. The van der Waals surface area contributed by atoms with Gasteiger partial charge in [-0.05, 0) is 37.1 Å². The van der Waals surface area contributed by atoms with Crippen molar-refractivity contribution in [1.29, 1.82) is 0 Å². The van der Waals surface area contributed by atoms with Crippen LogP contribution in [0.1, 0.15) is 40.5 Å². The maximum atomic E-state index is 5.35. The molecule has 1 heterocycles. The fourth-order valence-corrected chi connectivity index (χ4v) is 2.97. The van der Waals surface area contributed by atoms with Gasteiger partial charge < -0.3 is 5.32 Å². The Morgan fingerprint density at radius 2 is 1.72 bits per heavy atom. The zero-order valence-corrected chi connectivity index (χ0v) is 12.6. The molecule has 1 saturated heterocycles. The largest absolute Gasteiger partial charge is 0.314 e. The van der Waals surface area contributed by atoms with Crippen LogP contribution in [0.2, 0.25) is 0 Å². The number of nitrogens with one attached hydrogen (secondary N) is 1. The van der Waals surface area contributed by atoms with Crippen LogP contribution in [0.4, 0.5) is 0 Å². The molecule has 0 bridgehead atoms. The van der Waals surface area contributed by atoms with Crippen molar-refractivity contribution in [1.82, 2.24) is 10.2 Å². The molecule has 0 aromatic carbocycles. The van der Waals surface area contributed by atoms with E-state index < -0.39 is 0 Å². The lowest BCUT2D eigenvalue weighted by molar-refractivity contribution is 0.199. The Morgan fingerprint density at radius 1 is 1.17 bits per heavy atom. The molecule has 0 spiro atoms. The molecule has 0 aromatic heterocycles. The van der Waals surface area contributed by atoms with Gasteiger partial charge in [0, 0.05) is 19.1 Å². The first-order valence-electron chi connectivity index (χ1n) is 7.43. The summed E-state index contributed by atoms with van der Waals surface area (Å²) in [6.07, 6.45) is 7.83. The summed E-state index contributed by atoms with van der Waals surface area (Å²) in [7, 11) is 0. The van der Waals surface area contributed by atoms with Gasteiger partial charge in [0.1, 0.15) is 0 Å². The van der Waals surface area contributed by atoms with Crippen molar-refractivity contribution >= 4 is 0 Å². The van der Waals surface area contributed by atoms with Crippen molar-refractivity contribution in [3.8, 4) is 12.3 Å². The molecule has 0 aliphatic carbocycles. The molecule has 18 heavy (non-hydrogen) atoms. The molecular formula is C16H30N2. The average Bonchev–Trinajstić information content (AvgIpc) is 2.31. The minimum absolute atomic E-state index is 0.694. The molecule has 2 nitrogen and oxygen atoms in total. The highest BCUT2D eigenvalue weighted by molar-refractivity contribution is 4.90. The molecule has 0 radical (unpaired) electrons. The molecule has 1 aliphatic rings. The number of piperidine rings is 1. The van der Waals surface area contributed by atoms with E-state index in [4.69, 9.17) is 6.42 Å². The van der Waals surface area contributed by atoms with Crippen LogP contribution < -0.4 is 5.32 Å². The Labute approximate surface area is 114 Å². The van der Waals surface area contributed by atoms with Crippen LogP contribution in [0.25, 0.3) is 0 Å². The lowest BCUT2D eigenvalue weighted by Crippen LogP contribution is -2.44. The molecular weight excluding hydrogens is 220 g/mol. The second-order valence-electron chi connectivity index (χ2n) is 6.31. The van der Waals surface area contributed by atoms with Crippen LogP contribution in [0.15, 0.2) is 0 Å². The lowest BCUT2D eigenvalue weighted by Gasteiger charge is -2.33. The van der Waals surface area contributed by atoms with E-state index in [1.807, 2.05) is 0 Å². The third-order valence-corrected chi connectivity index (χ3v) is 4.26. The number of rotatable bonds is 6. The van der Waals surface area contributed by atoms with Crippen LogP contribution in [0.3, 0.4) is 0 Å². The van der Waals surface area contributed by atoms with Gasteiger partial charge in [0.25, 0.3) is 0 Å². The molecule has 0 amide bonds. The Kier molecular flexibility index (Phi) is 6.75. The Balaban J connectivity index is 2.27. The fraction of sp³-hybridized carbons (Fsp3) is 0.875. The SMILES string of the molecule is C#CCN1CCC(NCC(C(C)C)C(C)C)CC1. The number of nitrogens with zero attached hydrogens (tertiary/aromatic N) is 1. The molecule has 0 unspecified atom stereocenters. The summed E-state index contributed by atoms with van der Waals surface area (Å²) in [4.78, 5) is 2.38. The molecule has 1 rings (SSSR count). The first-order valence-corrected chi connectivity index (χ1v) is 7.43. The standard InChI is InChI=1S/C16H30N2/c1-6-9-18-10-7-15(8-11-18)17-12-16(13(2)3)14(4)5/h1,13-17H,7-12H2,2-5H3. The van der Waals surface area contributed by atoms with Crippen LogP contribution in [0.5, 0.6) is 0 Å². The van der Waals surface area contributed by atoms with Crippen molar-refractivity contribution in [3.63, 3.8) is 0 Å². The summed E-state index contributed by atoms with van der Waals surface area (Å²) in [5.74, 6) is 5.05. The maximum Gasteiger partial charge on any atom is 0.0598 e. The first-order chi connectivity index (χ1) is 8.54. The van der Waals surface area contributed by atoms with Gasteiger partial charge in [-0.3, -0.25) is 4.90 Å². The van der Waals surface area contributed by atoms with Crippen LogP contribution in [0, 0.1) is 30.1 Å². The smallest absolute Gasteiger partial charge is 0.0598 e. The maximum absolute atomic E-state index is 5.35. The third-order valence-electron chi connectivity index (χ3n) is 4.26. The highest BCUT2D eigenvalue weighted by Crippen LogP contribution is 2.20. The topological polar surface area (TPSA) is 15.3 Å². The predicted molar refractivity (Wildman–Crippen MR) is 79.5 cm³/mol. The molecule has 1 aliphatic heterocycles. The van der Waals surface area contributed by atoms with E-state index >= 15 is 0 Å². The van der Waals surface area contributed by atoms with Gasteiger partial charge in [0.05, 0.1) is 6.54 Å².